The maximum Gasteiger partial charge on any atom is 0.303 e. The molecule has 4 aromatic rings. The summed E-state index contributed by atoms with van der Waals surface area (Å²) in [5, 5.41) is 21.4. The third-order valence-corrected chi connectivity index (χ3v) is 9.83. The maximum absolute atomic E-state index is 12.2. The van der Waals surface area contributed by atoms with Crippen LogP contribution in [0, 0.1) is 5.92 Å². The molecule has 9 nitrogen and oxygen atoms in total. The van der Waals surface area contributed by atoms with E-state index in [-0.39, 0.29) is 43.5 Å². The number of rotatable bonds is 13. The molecule has 0 spiro atoms. The topological polar surface area (TPSA) is 112 Å². The molecule has 4 atom stereocenters. The van der Waals surface area contributed by atoms with Crippen molar-refractivity contribution in [3.05, 3.63) is 131 Å². The van der Waals surface area contributed by atoms with Crippen LogP contribution in [0.3, 0.4) is 0 Å². The van der Waals surface area contributed by atoms with Gasteiger partial charge in [0.1, 0.15) is 0 Å². The molecule has 4 aromatic carbocycles. The number of piperazine rings is 1. The van der Waals surface area contributed by atoms with Gasteiger partial charge in [-0.15, -0.1) is 0 Å². The first-order valence-corrected chi connectivity index (χ1v) is 17.5. The molecular formula is C41H47N3O6. The van der Waals surface area contributed by atoms with Crippen LogP contribution in [0.4, 0.5) is 0 Å². The lowest BCUT2D eigenvalue weighted by Gasteiger charge is -2.44. The van der Waals surface area contributed by atoms with Crippen molar-refractivity contribution in [2.75, 3.05) is 32.7 Å². The zero-order valence-corrected chi connectivity index (χ0v) is 28.6. The molecule has 9 heteroatoms. The normalized spacial score (nSPS) is 21.5. The Kier molecular flexibility index (Phi) is 12.1. The summed E-state index contributed by atoms with van der Waals surface area (Å²) in [4.78, 5) is 28.1. The molecule has 2 aliphatic heterocycles. The minimum atomic E-state index is -0.990. The molecular weight excluding hydrogens is 630 g/mol. The lowest BCUT2D eigenvalue weighted by atomic mass is 9.89. The van der Waals surface area contributed by atoms with Crippen LogP contribution in [-0.2, 0) is 38.8 Å². The number of nitrogens with zero attached hydrogens (tertiary/aromatic N) is 2. The second kappa shape index (κ2) is 17.0. The molecule has 0 aromatic heterocycles. The predicted octanol–water partition coefficient (Wildman–Crippen LogP) is 5.94. The Morgan fingerprint density at radius 1 is 0.760 bits per heavy atom. The second-order valence-electron chi connectivity index (χ2n) is 13.3. The van der Waals surface area contributed by atoms with Crippen LogP contribution < -0.4 is 5.32 Å². The number of nitrogens with one attached hydrogen (secondary N) is 1. The van der Waals surface area contributed by atoms with Crippen LogP contribution in [0.1, 0.15) is 60.0 Å². The van der Waals surface area contributed by atoms with Gasteiger partial charge in [-0.2, -0.15) is 0 Å². The average molecular weight is 678 g/mol. The van der Waals surface area contributed by atoms with Crippen molar-refractivity contribution in [2.45, 2.75) is 58.0 Å². The van der Waals surface area contributed by atoms with Gasteiger partial charge in [-0.3, -0.25) is 19.4 Å². The van der Waals surface area contributed by atoms with E-state index in [1.165, 1.54) is 5.56 Å². The van der Waals surface area contributed by atoms with Gasteiger partial charge in [-0.25, -0.2) is 0 Å². The number of aliphatic hydroxyl groups excluding tert-OH is 1. The summed E-state index contributed by atoms with van der Waals surface area (Å²) in [5.74, 6) is -1.18. The van der Waals surface area contributed by atoms with E-state index in [0.717, 1.165) is 72.6 Å². The summed E-state index contributed by atoms with van der Waals surface area (Å²) in [6.45, 7) is 8.28. The first-order valence-electron chi connectivity index (χ1n) is 17.5. The van der Waals surface area contributed by atoms with Gasteiger partial charge >= 0.3 is 5.97 Å². The molecule has 3 N–H and O–H groups in total. The number of carboxylic acids is 1. The van der Waals surface area contributed by atoms with E-state index in [2.05, 4.69) is 76.6 Å². The fourth-order valence-electron chi connectivity index (χ4n) is 6.83. The van der Waals surface area contributed by atoms with Gasteiger partial charge in [0, 0.05) is 63.7 Å². The predicted molar refractivity (Wildman–Crippen MR) is 192 cm³/mol. The van der Waals surface area contributed by atoms with Gasteiger partial charge in [0.25, 0.3) is 0 Å². The Balaban J connectivity index is 1.15. The fraction of sp³-hybridized carbons (Fsp3) is 0.366. The summed E-state index contributed by atoms with van der Waals surface area (Å²) in [7, 11) is 0. The number of aliphatic hydroxyl groups is 1. The minimum Gasteiger partial charge on any atom is -0.481 e. The van der Waals surface area contributed by atoms with E-state index < -0.39 is 12.3 Å². The minimum absolute atomic E-state index is 0.00145. The van der Waals surface area contributed by atoms with Crippen LogP contribution in [0.25, 0.3) is 11.1 Å². The molecule has 0 aliphatic carbocycles. The van der Waals surface area contributed by atoms with Crippen LogP contribution in [0.15, 0.2) is 103 Å². The Morgan fingerprint density at radius 3 is 2.12 bits per heavy atom. The highest BCUT2D eigenvalue weighted by Gasteiger charge is 2.39. The quantitative estimate of drug-likeness (QED) is 0.160. The molecule has 2 aliphatic rings. The first-order chi connectivity index (χ1) is 24.4. The maximum atomic E-state index is 12.2. The van der Waals surface area contributed by atoms with E-state index in [4.69, 9.17) is 14.6 Å². The van der Waals surface area contributed by atoms with Crippen molar-refractivity contribution in [1.82, 2.24) is 15.1 Å². The zero-order chi connectivity index (χ0) is 34.9. The summed E-state index contributed by atoms with van der Waals surface area (Å²) < 4.78 is 13.5. The molecule has 262 valence electrons. The monoisotopic (exact) mass is 677 g/mol. The number of ether oxygens (including phenoxy) is 2. The number of carbonyl (C=O) groups is 2. The van der Waals surface area contributed by atoms with E-state index in [1.54, 1.807) is 0 Å². The van der Waals surface area contributed by atoms with Crippen LogP contribution in [0.5, 0.6) is 0 Å². The molecule has 2 saturated heterocycles. The van der Waals surface area contributed by atoms with Gasteiger partial charge in [-0.1, -0.05) is 110 Å². The SMILES string of the molecule is C[C@@H]1[C@H](CN2CCN(Cc3ccccc3)CC2)O[C@H](c2ccc(-c3ccccc3CNC(=O)CCC(=O)O)cc2)O[C@@H]1c1ccc(CO)cc1. The fourth-order valence-corrected chi connectivity index (χ4v) is 6.83. The Bertz CT molecular complexity index is 1690. The molecule has 0 saturated carbocycles. The van der Waals surface area contributed by atoms with Crippen molar-refractivity contribution in [3.63, 3.8) is 0 Å². The van der Waals surface area contributed by atoms with Crippen molar-refractivity contribution in [3.8, 4) is 11.1 Å². The van der Waals surface area contributed by atoms with E-state index in [1.807, 2.05) is 48.5 Å². The zero-order valence-electron chi connectivity index (χ0n) is 28.6. The molecule has 50 heavy (non-hydrogen) atoms. The molecule has 0 radical (unpaired) electrons. The molecule has 2 heterocycles. The standard InChI is InChI=1S/C41H47N3O6/c1-29-37(27-44-23-21-43(22-24-44)26-30-7-3-2-4-8-30)49-41(50-40(29)33-13-11-31(28-45)12-14-33)34-17-15-32(16-18-34)36-10-6-5-9-35(36)25-42-38(46)19-20-39(47)48/h2-18,29,37,40-41,45H,19-28H2,1H3,(H,42,46)(H,47,48)/t29-,37+,40+,41+/m1/s1. The van der Waals surface area contributed by atoms with Gasteiger partial charge in [0.15, 0.2) is 6.29 Å². The molecule has 1 amide bonds. The van der Waals surface area contributed by atoms with Crippen molar-refractivity contribution >= 4 is 11.9 Å². The number of benzene rings is 4. The summed E-state index contributed by atoms with van der Waals surface area (Å²) in [6, 6.07) is 34.7. The Hall–Kier alpha value is -4.38. The number of hydrogen-bond donors (Lipinski definition) is 3. The van der Waals surface area contributed by atoms with Crippen LogP contribution in [0.2, 0.25) is 0 Å². The summed E-state index contributed by atoms with van der Waals surface area (Å²) >= 11 is 0. The smallest absolute Gasteiger partial charge is 0.303 e. The van der Waals surface area contributed by atoms with Gasteiger partial charge in [0.05, 0.1) is 25.2 Å². The molecule has 0 unspecified atom stereocenters. The number of carbonyl (C=O) groups excluding carboxylic acids is 1. The molecule has 6 rings (SSSR count). The third-order valence-electron chi connectivity index (χ3n) is 9.83. The van der Waals surface area contributed by atoms with Crippen LogP contribution in [-0.4, -0.2) is 70.7 Å². The second-order valence-corrected chi connectivity index (χ2v) is 13.3. The number of aliphatic carboxylic acids is 1. The average Bonchev–Trinajstić information content (AvgIpc) is 3.15. The lowest BCUT2D eigenvalue weighted by Crippen LogP contribution is -2.51. The van der Waals surface area contributed by atoms with Crippen molar-refractivity contribution < 1.29 is 29.3 Å². The highest BCUT2D eigenvalue weighted by atomic mass is 16.7. The summed E-state index contributed by atoms with van der Waals surface area (Å²) in [6.07, 6.45) is -1.04. The Morgan fingerprint density at radius 2 is 1.42 bits per heavy atom. The highest BCUT2D eigenvalue weighted by molar-refractivity contribution is 5.80. The first kappa shape index (κ1) is 35.4. The molecule has 0 bridgehead atoms. The highest BCUT2D eigenvalue weighted by Crippen LogP contribution is 2.42. The van der Waals surface area contributed by atoms with E-state index in [9.17, 15) is 14.7 Å². The van der Waals surface area contributed by atoms with Gasteiger partial charge < -0.3 is 25.0 Å². The number of carboxylic acid groups (broad SMARTS) is 1. The van der Waals surface area contributed by atoms with E-state index in [0.29, 0.717) is 6.54 Å². The molecule has 2 fully saturated rings. The van der Waals surface area contributed by atoms with Gasteiger partial charge in [-0.05, 0) is 33.4 Å². The number of amides is 1. The third kappa shape index (κ3) is 9.24. The number of hydrogen-bond acceptors (Lipinski definition) is 7. The van der Waals surface area contributed by atoms with Crippen LogP contribution >= 0.6 is 0 Å². The van der Waals surface area contributed by atoms with Gasteiger partial charge in [0.2, 0.25) is 5.91 Å². The van der Waals surface area contributed by atoms with Crippen molar-refractivity contribution in [1.29, 1.82) is 0 Å². The lowest BCUT2D eigenvalue weighted by molar-refractivity contribution is -0.276. The summed E-state index contributed by atoms with van der Waals surface area (Å²) in [5.41, 5.74) is 7.13. The largest absolute Gasteiger partial charge is 0.481 e. The van der Waals surface area contributed by atoms with E-state index >= 15 is 0 Å². The Labute approximate surface area is 294 Å². The van der Waals surface area contributed by atoms with Crippen molar-refractivity contribution in [2.24, 2.45) is 5.92 Å².